The second-order valence-corrected chi connectivity index (χ2v) is 8.86. The number of rotatable bonds is 6. The van der Waals surface area contributed by atoms with Crippen LogP contribution in [0.4, 0.5) is 5.95 Å². The van der Waals surface area contributed by atoms with Crippen molar-refractivity contribution < 1.29 is 0 Å². The summed E-state index contributed by atoms with van der Waals surface area (Å²) in [6.07, 6.45) is 4.71. The van der Waals surface area contributed by atoms with Gasteiger partial charge in [-0.25, -0.2) is 4.79 Å². The second kappa shape index (κ2) is 9.16. The number of allylic oxidation sites excluding steroid dienone is 2. The van der Waals surface area contributed by atoms with Crippen LogP contribution in [0.15, 0.2) is 51.6 Å². The van der Waals surface area contributed by atoms with Gasteiger partial charge in [-0.2, -0.15) is 4.98 Å². The van der Waals surface area contributed by atoms with E-state index in [2.05, 4.69) is 11.0 Å². The van der Waals surface area contributed by atoms with E-state index in [0.29, 0.717) is 43.2 Å². The molecule has 0 radical (unpaired) electrons. The first-order valence-corrected chi connectivity index (χ1v) is 11.2. The normalized spacial score (nSPS) is 16.5. The first kappa shape index (κ1) is 22.1. The van der Waals surface area contributed by atoms with Gasteiger partial charge in [0, 0.05) is 39.3 Å². The Balaban J connectivity index is 1.88. The average Bonchev–Trinajstić information content (AvgIpc) is 3.16. The van der Waals surface area contributed by atoms with E-state index in [1.54, 1.807) is 4.57 Å². The predicted octanol–water partition coefficient (Wildman–Crippen LogP) is 2.03. The fourth-order valence-electron chi connectivity index (χ4n) is 4.31. The van der Waals surface area contributed by atoms with Crippen LogP contribution in [-0.4, -0.2) is 37.8 Å². The van der Waals surface area contributed by atoms with E-state index in [-0.39, 0.29) is 17.3 Å². The zero-order valence-electron chi connectivity index (χ0n) is 19.1. The molecule has 1 aliphatic heterocycles. The minimum absolute atomic E-state index is 0.0728. The molecule has 0 aliphatic carbocycles. The van der Waals surface area contributed by atoms with Crippen molar-refractivity contribution in [3.63, 3.8) is 0 Å². The van der Waals surface area contributed by atoms with Gasteiger partial charge in [0.15, 0.2) is 11.2 Å². The van der Waals surface area contributed by atoms with Crippen molar-refractivity contribution in [3.8, 4) is 0 Å². The van der Waals surface area contributed by atoms with Crippen LogP contribution in [0, 0.1) is 0 Å². The Morgan fingerprint density at radius 2 is 1.94 bits per heavy atom. The standard InChI is InChI=1S/C24H32N6O2/c1-17(2)11-14-29-20-21(26-23(29)28-13-7-10-19(25)16-28)30(24(32)27(3)22(20)31)15-12-18-8-5-4-6-9-18/h4-6,8-9,11,19H,7,10,12-16,25H2,1-3H3. The fourth-order valence-corrected chi connectivity index (χ4v) is 4.31. The Kier molecular flexibility index (Phi) is 6.32. The van der Waals surface area contributed by atoms with Gasteiger partial charge in [-0.1, -0.05) is 42.0 Å². The first-order valence-electron chi connectivity index (χ1n) is 11.2. The summed E-state index contributed by atoms with van der Waals surface area (Å²) in [4.78, 5) is 33.3. The third-order valence-corrected chi connectivity index (χ3v) is 6.10. The Morgan fingerprint density at radius 3 is 2.62 bits per heavy atom. The molecular weight excluding hydrogens is 404 g/mol. The zero-order valence-corrected chi connectivity index (χ0v) is 19.1. The molecule has 1 aliphatic rings. The molecule has 0 saturated carbocycles. The van der Waals surface area contributed by atoms with Gasteiger partial charge in [0.2, 0.25) is 5.95 Å². The number of anilines is 1. The maximum atomic E-state index is 13.2. The molecule has 1 saturated heterocycles. The Morgan fingerprint density at radius 1 is 1.19 bits per heavy atom. The molecule has 32 heavy (non-hydrogen) atoms. The van der Waals surface area contributed by atoms with Crippen LogP contribution in [-0.2, 0) is 26.6 Å². The molecule has 3 heterocycles. The third kappa shape index (κ3) is 4.27. The number of piperidine rings is 1. The number of hydrogen-bond donors (Lipinski definition) is 1. The van der Waals surface area contributed by atoms with Crippen molar-refractivity contribution in [1.29, 1.82) is 0 Å². The van der Waals surface area contributed by atoms with Crippen molar-refractivity contribution in [3.05, 3.63) is 68.4 Å². The van der Waals surface area contributed by atoms with E-state index in [1.165, 1.54) is 11.6 Å². The molecule has 1 fully saturated rings. The lowest BCUT2D eigenvalue weighted by atomic mass is 10.1. The van der Waals surface area contributed by atoms with Crippen LogP contribution in [0.1, 0.15) is 32.3 Å². The summed E-state index contributed by atoms with van der Waals surface area (Å²) in [6, 6.07) is 10.1. The number of fused-ring (bicyclic) bond motifs is 1. The zero-order chi connectivity index (χ0) is 22.8. The molecule has 1 aromatic carbocycles. The van der Waals surface area contributed by atoms with Crippen LogP contribution < -0.4 is 21.9 Å². The van der Waals surface area contributed by atoms with Crippen molar-refractivity contribution in [2.75, 3.05) is 18.0 Å². The topological polar surface area (TPSA) is 91.1 Å². The average molecular weight is 437 g/mol. The van der Waals surface area contributed by atoms with Crippen molar-refractivity contribution in [2.45, 2.75) is 52.2 Å². The number of aromatic nitrogens is 4. The number of hydrogen-bond acceptors (Lipinski definition) is 5. The largest absolute Gasteiger partial charge is 0.341 e. The molecule has 8 nitrogen and oxygen atoms in total. The molecule has 4 rings (SSSR count). The summed E-state index contributed by atoms with van der Waals surface area (Å²) >= 11 is 0. The number of benzene rings is 1. The van der Waals surface area contributed by atoms with Crippen LogP contribution >= 0.6 is 0 Å². The quantitative estimate of drug-likeness (QED) is 0.597. The molecule has 1 unspecified atom stereocenters. The summed E-state index contributed by atoms with van der Waals surface area (Å²) in [7, 11) is 1.54. The van der Waals surface area contributed by atoms with Gasteiger partial charge in [0.1, 0.15) is 0 Å². The number of aryl methyl sites for hydroxylation is 2. The summed E-state index contributed by atoms with van der Waals surface area (Å²) in [5, 5.41) is 0. The molecule has 0 spiro atoms. The molecule has 2 aromatic heterocycles. The van der Waals surface area contributed by atoms with Crippen LogP contribution in [0.2, 0.25) is 0 Å². The Bertz CT molecular complexity index is 1250. The fraction of sp³-hybridized carbons (Fsp3) is 0.458. The highest BCUT2D eigenvalue weighted by atomic mass is 16.2. The summed E-state index contributed by atoms with van der Waals surface area (Å²) in [6.45, 7) is 6.55. The minimum atomic E-state index is -0.341. The Hall–Kier alpha value is -3.13. The van der Waals surface area contributed by atoms with E-state index in [9.17, 15) is 9.59 Å². The maximum Gasteiger partial charge on any atom is 0.332 e. The minimum Gasteiger partial charge on any atom is -0.341 e. The lowest BCUT2D eigenvalue weighted by molar-refractivity contribution is 0.495. The highest BCUT2D eigenvalue weighted by Gasteiger charge is 2.26. The monoisotopic (exact) mass is 436 g/mol. The Labute approximate surface area is 187 Å². The molecule has 0 bridgehead atoms. The van der Waals surface area contributed by atoms with Crippen LogP contribution in [0.5, 0.6) is 0 Å². The third-order valence-electron chi connectivity index (χ3n) is 6.10. The maximum absolute atomic E-state index is 13.2. The summed E-state index contributed by atoms with van der Waals surface area (Å²) < 4.78 is 4.77. The van der Waals surface area contributed by atoms with Gasteiger partial charge < -0.3 is 15.2 Å². The van der Waals surface area contributed by atoms with E-state index in [4.69, 9.17) is 10.7 Å². The smallest absolute Gasteiger partial charge is 0.332 e. The molecule has 3 aromatic rings. The van der Waals surface area contributed by atoms with E-state index < -0.39 is 0 Å². The molecule has 0 amide bonds. The van der Waals surface area contributed by atoms with Crippen LogP contribution in [0.25, 0.3) is 11.2 Å². The van der Waals surface area contributed by atoms with E-state index in [0.717, 1.165) is 30.5 Å². The number of nitrogens with two attached hydrogens (primary N) is 1. The summed E-state index contributed by atoms with van der Waals surface area (Å²) in [5.41, 5.74) is 8.78. The molecule has 2 N–H and O–H groups in total. The molecule has 170 valence electrons. The number of imidazole rings is 1. The van der Waals surface area contributed by atoms with E-state index >= 15 is 0 Å². The lowest BCUT2D eigenvalue weighted by Gasteiger charge is -2.31. The summed E-state index contributed by atoms with van der Waals surface area (Å²) in [5.74, 6) is 0.712. The van der Waals surface area contributed by atoms with Crippen LogP contribution in [0.3, 0.4) is 0 Å². The van der Waals surface area contributed by atoms with Gasteiger partial charge >= 0.3 is 5.69 Å². The molecule has 1 atom stereocenters. The van der Waals surface area contributed by atoms with Gasteiger partial charge in [0.25, 0.3) is 5.56 Å². The van der Waals surface area contributed by atoms with Crippen molar-refractivity contribution in [1.82, 2.24) is 18.7 Å². The lowest BCUT2D eigenvalue weighted by Crippen LogP contribution is -2.44. The van der Waals surface area contributed by atoms with Crippen molar-refractivity contribution >= 4 is 17.1 Å². The second-order valence-electron chi connectivity index (χ2n) is 8.86. The molecule has 8 heteroatoms. The van der Waals surface area contributed by atoms with Gasteiger partial charge in [-0.3, -0.25) is 13.9 Å². The van der Waals surface area contributed by atoms with Gasteiger partial charge in [0.05, 0.1) is 0 Å². The van der Waals surface area contributed by atoms with Gasteiger partial charge in [-0.15, -0.1) is 0 Å². The highest BCUT2D eigenvalue weighted by molar-refractivity contribution is 5.75. The number of nitrogens with zero attached hydrogens (tertiary/aromatic N) is 5. The molecular formula is C24H32N6O2. The highest BCUT2D eigenvalue weighted by Crippen LogP contribution is 2.23. The first-order chi connectivity index (χ1) is 15.4. The van der Waals surface area contributed by atoms with Gasteiger partial charge in [-0.05, 0) is 38.7 Å². The van der Waals surface area contributed by atoms with Crippen molar-refractivity contribution in [2.24, 2.45) is 12.8 Å². The SMILES string of the molecule is CC(C)=CCn1c(N2CCCC(N)C2)nc2c1c(=O)n(C)c(=O)n2CCc1ccccc1. The van der Waals surface area contributed by atoms with E-state index in [1.807, 2.05) is 48.7 Å². The predicted molar refractivity (Wildman–Crippen MR) is 128 cm³/mol.